The number of benzene rings is 2. The van der Waals surface area contributed by atoms with E-state index >= 15 is 0 Å². The number of aromatic nitrogens is 3. The normalized spacial score (nSPS) is 17.9. The summed E-state index contributed by atoms with van der Waals surface area (Å²) < 4.78 is 1.57. The van der Waals surface area contributed by atoms with Crippen LogP contribution in [0.3, 0.4) is 0 Å². The first kappa shape index (κ1) is 31.0. The average molecular weight is 640 g/mol. The lowest BCUT2D eigenvalue weighted by Gasteiger charge is -2.27. The van der Waals surface area contributed by atoms with Gasteiger partial charge in [0.25, 0.3) is 5.56 Å². The fourth-order valence-corrected chi connectivity index (χ4v) is 6.97. The van der Waals surface area contributed by atoms with Crippen molar-refractivity contribution in [3.05, 3.63) is 106 Å². The van der Waals surface area contributed by atoms with Gasteiger partial charge in [0, 0.05) is 45.7 Å². The monoisotopic (exact) mass is 639 g/mol. The van der Waals surface area contributed by atoms with Crippen LogP contribution < -0.4 is 21.5 Å². The summed E-state index contributed by atoms with van der Waals surface area (Å²) in [4.78, 5) is 26.2. The second-order valence-corrected chi connectivity index (χ2v) is 12.8. The van der Waals surface area contributed by atoms with E-state index in [0.29, 0.717) is 44.0 Å². The van der Waals surface area contributed by atoms with Gasteiger partial charge in [-0.3, -0.25) is 9.36 Å². The molecule has 8 nitrogen and oxygen atoms in total. The first-order valence-electron chi connectivity index (χ1n) is 15.4. The van der Waals surface area contributed by atoms with Crippen molar-refractivity contribution in [3.63, 3.8) is 0 Å². The molecule has 10 heteroatoms. The van der Waals surface area contributed by atoms with Crippen LogP contribution in [-0.2, 0) is 13.0 Å². The highest BCUT2D eigenvalue weighted by Crippen LogP contribution is 2.37. The third-order valence-electron chi connectivity index (χ3n) is 8.70. The fraction of sp³-hybridized carbons (Fsp3) is 0.314. The molecule has 0 bridgehead atoms. The van der Waals surface area contributed by atoms with Crippen LogP contribution in [0, 0.1) is 5.92 Å². The van der Waals surface area contributed by atoms with E-state index < -0.39 is 0 Å². The third-order valence-corrected chi connectivity index (χ3v) is 9.26. The van der Waals surface area contributed by atoms with E-state index in [9.17, 15) is 4.79 Å². The summed E-state index contributed by atoms with van der Waals surface area (Å²) in [5, 5.41) is 10.9. The van der Waals surface area contributed by atoms with Gasteiger partial charge in [0.05, 0.1) is 17.6 Å². The summed E-state index contributed by atoms with van der Waals surface area (Å²) in [7, 11) is 0. The van der Waals surface area contributed by atoms with Crippen LogP contribution in [0.25, 0.3) is 22.2 Å². The molecule has 2 aliphatic heterocycles. The minimum absolute atomic E-state index is 0.122. The minimum Gasteiger partial charge on any atom is -0.369 e. The Bertz CT molecular complexity index is 1810. The molecule has 3 N–H and O–H groups in total. The molecule has 0 radical (unpaired) electrons. The molecule has 2 unspecified atom stereocenters. The second kappa shape index (κ2) is 13.5. The molecule has 232 valence electrons. The van der Waals surface area contributed by atoms with Gasteiger partial charge < -0.3 is 20.9 Å². The van der Waals surface area contributed by atoms with Gasteiger partial charge in [-0.1, -0.05) is 61.2 Å². The van der Waals surface area contributed by atoms with Crippen molar-refractivity contribution in [2.45, 2.75) is 45.2 Å². The lowest BCUT2D eigenvalue weighted by atomic mass is 9.98. The Balaban J connectivity index is 1.33. The molecule has 2 aliphatic rings. The number of hydrogen-bond acceptors (Lipinski definition) is 7. The van der Waals surface area contributed by atoms with Crippen LogP contribution in [0.15, 0.2) is 84.6 Å². The van der Waals surface area contributed by atoms with E-state index in [-0.39, 0.29) is 18.1 Å². The number of pyridine rings is 1. The number of anilines is 2. The smallest absolute Gasteiger partial charge is 0.260 e. The lowest BCUT2D eigenvalue weighted by Crippen LogP contribution is -2.30. The van der Waals surface area contributed by atoms with E-state index in [4.69, 9.17) is 28.8 Å². The van der Waals surface area contributed by atoms with Crippen molar-refractivity contribution in [1.82, 2.24) is 30.1 Å². The third kappa shape index (κ3) is 6.81. The van der Waals surface area contributed by atoms with Gasteiger partial charge in [-0.25, -0.2) is 4.98 Å². The molecule has 6 rings (SSSR count). The average Bonchev–Trinajstić information content (AvgIpc) is 3.73. The minimum atomic E-state index is -0.245. The predicted molar refractivity (Wildman–Crippen MR) is 188 cm³/mol. The molecular formula is C35H38ClN7OS. The molecule has 2 atom stereocenters. The number of nitrogens with zero attached hydrogens (tertiary/aromatic N) is 4. The molecule has 0 spiro atoms. The van der Waals surface area contributed by atoms with Crippen LogP contribution >= 0.6 is 23.8 Å². The largest absolute Gasteiger partial charge is 0.369 e. The van der Waals surface area contributed by atoms with E-state index in [2.05, 4.69) is 57.2 Å². The van der Waals surface area contributed by atoms with Crippen LogP contribution in [0.2, 0.25) is 5.02 Å². The molecule has 4 heterocycles. The number of fused-ring (bicyclic) bond motifs is 1. The number of hydrogen-bond donors (Lipinski definition) is 3. The maximum Gasteiger partial charge on any atom is 0.260 e. The van der Waals surface area contributed by atoms with Gasteiger partial charge in [0.15, 0.2) is 0 Å². The summed E-state index contributed by atoms with van der Waals surface area (Å²) in [5.74, 6) is 1.07. The number of halogens is 1. The zero-order valence-electron chi connectivity index (χ0n) is 25.5. The van der Waals surface area contributed by atoms with Crippen LogP contribution in [-0.4, -0.2) is 44.1 Å². The Kier molecular flexibility index (Phi) is 9.30. The number of allylic oxidation sites excluding steroid dienone is 1. The van der Waals surface area contributed by atoms with E-state index in [1.807, 2.05) is 37.3 Å². The zero-order valence-corrected chi connectivity index (χ0v) is 27.1. The van der Waals surface area contributed by atoms with Gasteiger partial charge in [-0.05, 0) is 93.2 Å². The van der Waals surface area contributed by atoms with Gasteiger partial charge in [-0.15, -0.1) is 0 Å². The van der Waals surface area contributed by atoms with E-state index in [1.165, 1.54) is 18.2 Å². The Hall–Kier alpha value is -4.05. The number of likely N-dealkylation sites (tertiary alicyclic amines) is 1. The molecule has 2 fully saturated rings. The summed E-state index contributed by atoms with van der Waals surface area (Å²) in [6, 6.07) is 16.4. The maximum absolute atomic E-state index is 14.1. The fourth-order valence-electron chi connectivity index (χ4n) is 6.46. The SMILES string of the molecule is C=CNC(=S)Cn1c(=O)c(-c2ccc(C3CCCN3C(=C)C)cc2Cl)cc2cnc(Nc3ccc(CC4CCNC4)cc3)nc21. The van der Waals surface area contributed by atoms with E-state index in [0.717, 1.165) is 55.8 Å². The van der Waals surface area contributed by atoms with Crippen molar-refractivity contribution >= 4 is 51.5 Å². The standard InChI is InChI=1S/C35H38ClN7OS/c1-4-38-32(45)21-43-33-26(20-39-35(41-33)40-27-10-7-23(8-11-27)16-24-13-14-37-19-24)17-29(34(43)44)28-12-9-25(18-30(28)36)31-6-5-15-42(31)22(2)3/h4,7-12,17-18,20,24,31,37H,1-2,5-6,13-16,19,21H2,3H3,(H,38,45)(H,39,40,41). The van der Waals surface area contributed by atoms with Gasteiger partial charge in [-0.2, -0.15) is 4.98 Å². The quantitative estimate of drug-likeness (QED) is 0.165. The van der Waals surface area contributed by atoms with Gasteiger partial charge in [0.2, 0.25) is 5.95 Å². The Labute approximate surface area is 274 Å². The molecule has 45 heavy (non-hydrogen) atoms. The maximum atomic E-state index is 14.1. The van der Waals surface area contributed by atoms with Crippen molar-refractivity contribution in [2.75, 3.05) is 25.0 Å². The molecular weight excluding hydrogens is 602 g/mol. The highest BCUT2D eigenvalue weighted by molar-refractivity contribution is 7.80. The van der Waals surface area contributed by atoms with Crippen molar-refractivity contribution in [1.29, 1.82) is 0 Å². The summed E-state index contributed by atoms with van der Waals surface area (Å²) >= 11 is 12.4. The first-order chi connectivity index (χ1) is 21.8. The molecule has 2 aromatic heterocycles. The molecule has 0 saturated carbocycles. The topological polar surface area (TPSA) is 87.1 Å². The van der Waals surface area contributed by atoms with Crippen LogP contribution in [0.1, 0.15) is 43.4 Å². The van der Waals surface area contributed by atoms with Crippen LogP contribution in [0.5, 0.6) is 0 Å². The van der Waals surface area contributed by atoms with Gasteiger partial charge in [0.1, 0.15) is 5.65 Å². The summed E-state index contributed by atoms with van der Waals surface area (Å²) in [5.41, 5.74) is 5.67. The summed E-state index contributed by atoms with van der Waals surface area (Å²) in [6.45, 7) is 13.2. The molecule has 0 amide bonds. The first-order valence-corrected chi connectivity index (χ1v) is 16.2. The Morgan fingerprint density at radius 1 is 1.18 bits per heavy atom. The van der Waals surface area contributed by atoms with Crippen molar-refractivity contribution < 1.29 is 0 Å². The predicted octanol–water partition coefficient (Wildman–Crippen LogP) is 6.74. The van der Waals surface area contributed by atoms with Gasteiger partial charge >= 0.3 is 0 Å². The second-order valence-electron chi connectivity index (χ2n) is 11.9. The Morgan fingerprint density at radius 3 is 2.71 bits per heavy atom. The highest BCUT2D eigenvalue weighted by Gasteiger charge is 2.26. The molecule has 0 aliphatic carbocycles. The zero-order chi connectivity index (χ0) is 31.5. The number of rotatable bonds is 10. The molecule has 2 saturated heterocycles. The number of nitrogens with one attached hydrogen (secondary N) is 3. The lowest BCUT2D eigenvalue weighted by molar-refractivity contribution is 0.329. The van der Waals surface area contributed by atoms with Crippen molar-refractivity contribution in [3.8, 4) is 11.1 Å². The number of thiocarbonyl (C=S) groups is 1. The van der Waals surface area contributed by atoms with Crippen LogP contribution in [0.4, 0.5) is 11.6 Å². The molecule has 2 aromatic carbocycles. The van der Waals surface area contributed by atoms with E-state index in [1.54, 1.807) is 10.8 Å². The Morgan fingerprint density at radius 2 is 2.00 bits per heavy atom. The summed E-state index contributed by atoms with van der Waals surface area (Å²) in [6.07, 6.45) is 7.64. The molecule has 4 aromatic rings. The van der Waals surface area contributed by atoms with Crippen molar-refractivity contribution in [2.24, 2.45) is 5.92 Å². The highest BCUT2D eigenvalue weighted by atomic mass is 35.5.